The number of imidazole rings is 1. The zero-order valence-electron chi connectivity index (χ0n) is 9.82. The van der Waals surface area contributed by atoms with Gasteiger partial charge in [-0.25, -0.2) is 9.37 Å². The van der Waals surface area contributed by atoms with Crippen LogP contribution < -0.4 is 5.73 Å². The van der Waals surface area contributed by atoms with Gasteiger partial charge in [-0.3, -0.25) is 4.79 Å². The van der Waals surface area contributed by atoms with Gasteiger partial charge in [-0.1, -0.05) is 0 Å². The Hall–Kier alpha value is -1.43. The summed E-state index contributed by atoms with van der Waals surface area (Å²) in [5.74, 6) is -0.0393. The van der Waals surface area contributed by atoms with Crippen LogP contribution in [0.2, 0.25) is 0 Å². The fraction of sp³-hybridized carbons (Fsp3) is 0.636. The van der Waals surface area contributed by atoms with E-state index in [2.05, 4.69) is 9.97 Å². The van der Waals surface area contributed by atoms with Crippen LogP contribution in [-0.4, -0.2) is 46.1 Å². The van der Waals surface area contributed by atoms with Crippen molar-refractivity contribution < 1.29 is 9.18 Å². The van der Waals surface area contributed by atoms with Crippen molar-refractivity contribution in [2.75, 3.05) is 13.1 Å². The number of carbonyl (C=O) groups excluding carboxylic acids is 1. The highest BCUT2D eigenvalue weighted by atomic mass is 19.1. The van der Waals surface area contributed by atoms with E-state index in [0.29, 0.717) is 19.5 Å². The number of aromatic nitrogens is 2. The third-order valence-corrected chi connectivity index (χ3v) is 3.18. The Balaban J connectivity index is 1.95. The fourth-order valence-electron chi connectivity index (χ4n) is 2.00. The van der Waals surface area contributed by atoms with Crippen LogP contribution in [0.25, 0.3) is 0 Å². The van der Waals surface area contributed by atoms with E-state index in [1.165, 1.54) is 0 Å². The number of alkyl halides is 1. The van der Waals surface area contributed by atoms with Gasteiger partial charge >= 0.3 is 0 Å². The molecule has 1 saturated heterocycles. The van der Waals surface area contributed by atoms with Crippen LogP contribution in [-0.2, 0) is 11.2 Å². The Morgan fingerprint density at radius 2 is 2.53 bits per heavy atom. The van der Waals surface area contributed by atoms with Gasteiger partial charge in [0.2, 0.25) is 5.91 Å². The summed E-state index contributed by atoms with van der Waals surface area (Å²) in [6.07, 6.45) is 1.15. The number of carbonyl (C=O) groups is 1. The van der Waals surface area contributed by atoms with E-state index in [-0.39, 0.29) is 12.3 Å². The molecule has 94 valence electrons. The Morgan fingerprint density at radius 1 is 1.76 bits per heavy atom. The first kappa shape index (κ1) is 12.0. The zero-order valence-corrected chi connectivity index (χ0v) is 9.82. The number of H-pyrrole nitrogens is 1. The van der Waals surface area contributed by atoms with Crippen LogP contribution in [0, 0.1) is 6.92 Å². The number of likely N-dealkylation sites (tertiary alicyclic amines) is 1. The summed E-state index contributed by atoms with van der Waals surface area (Å²) in [6.45, 7) is 2.61. The molecule has 0 unspecified atom stereocenters. The highest BCUT2D eigenvalue weighted by Gasteiger charge is 2.29. The van der Waals surface area contributed by atoms with E-state index in [1.807, 2.05) is 6.92 Å². The maximum Gasteiger partial charge on any atom is 0.228 e. The molecular weight excluding hydrogens is 223 g/mol. The first-order valence-corrected chi connectivity index (χ1v) is 5.74. The van der Waals surface area contributed by atoms with E-state index in [4.69, 9.17) is 5.73 Å². The van der Waals surface area contributed by atoms with Crippen LogP contribution in [0.4, 0.5) is 4.39 Å². The van der Waals surface area contributed by atoms with Gasteiger partial charge in [0.25, 0.3) is 0 Å². The molecule has 1 aromatic rings. The molecule has 1 aliphatic rings. The number of nitrogens with one attached hydrogen (secondary N) is 1. The Bertz CT molecular complexity index is 406. The SMILES string of the molecule is Cc1[nH]cnc1CC(=O)N1CC[C@@H](F)[C@H](N)C1. The largest absolute Gasteiger partial charge is 0.348 e. The molecular formula is C11H17FN4O. The zero-order chi connectivity index (χ0) is 12.4. The lowest BCUT2D eigenvalue weighted by Crippen LogP contribution is -2.52. The Kier molecular flexibility index (Phi) is 3.42. The normalized spacial score (nSPS) is 25.0. The molecule has 17 heavy (non-hydrogen) atoms. The summed E-state index contributed by atoms with van der Waals surface area (Å²) in [4.78, 5) is 20.6. The summed E-state index contributed by atoms with van der Waals surface area (Å²) in [7, 11) is 0. The van der Waals surface area contributed by atoms with Crippen molar-refractivity contribution in [1.82, 2.24) is 14.9 Å². The van der Waals surface area contributed by atoms with Crippen LogP contribution in [0.15, 0.2) is 6.33 Å². The number of hydrogen-bond acceptors (Lipinski definition) is 3. The predicted molar refractivity (Wildman–Crippen MR) is 61.1 cm³/mol. The molecule has 0 aliphatic carbocycles. The monoisotopic (exact) mass is 240 g/mol. The van der Waals surface area contributed by atoms with Crippen LogP contribution >= 0.6 is 0 Å². The van der Waals surface area contributed by atoms with Crippen LogP contribution in [0.5, 0.6) is 0 Å². The van der Waals surface area contributed by atoms with Crippen molar-refractivity contribution in [1.29, 1.82) is 0 Å². The third kappa shape index (κ3) is 2.63. The topological polar surface area (TPSA) is 75.0 Å². The van der Waals surface area contributed by atoms with Gasteiger partial charge in [0.15, 0.2) is 0 Å². The van der Waals surface area contributed by atoms with E-state index >= 15 is 0 Å². The number of aryl methyl sites for hydroxylation is 1. The molecule has 2 heterocycles. The highest BCUT2D eigenvalue weighted by molar-refractivity contribution is 5.78. The van der Waals surface area contributed by atoms with E-state index < -0.39 is 12.2 Å². The number of aromatic amines is 1. The Labute approximate surface area is 99.2 Å². The second-order valence-electron chi connectivity index (χ2n) is 4.46. The number of rotatable bonds is 2. The van der Waals surface area contributed by atoms with Crippen LogP contribution in [0.1, 0.15) is 17.8 Å². The number of nitrogens with zero attached hydrogens (tertiary/aromatic N) is 2. The van der Waals surface area contributed by atoms with Gasteiger partial charge in [0, 0.05) is 18.8 Å². The van der Waals surface area contributed by atoms with Gasteiger partial charge in [-0.15, -0.1) is 0 Å². The molecule has 3 N–H and O–H groups in total. The fourth-order valence-corrected chi connectivity index (χ4v) is 2.00. The predicted octanol–water partition coefficient (Wildman–Crippen LogP) is 0.158. The molecule has 5 nitrogen and oxygen atoms in total. The molecule has 1 aromatic heterocycles. The summed E-state index contributed by atoms with van der Waals surface area (Å²) < 4.78 is 13.2. The van der Waals surface area contributed by atoms with Gasteiger partial charge in [-0.2, -0.15) is 0 Å². The van der Waals surface area contributed by atoms with Crippen molar-refractivity contribution in [3.8, 4) is 0 Å². The first-order chi connectivity index (χ1) is 8.08. The minimum atomic E-state index is -0.994. The number of hydrogen-bond donors (Lipinski definition) is 2. The van der Waals surface area contributed by atoms with Gasteiger partial charge in [-0.05, 0) is 13.3 Å². The van der Waals surface area contributed by atoms with Crippen LogP contribution in [0.3, 0.4) is 0 Å². The van der Waals surface area contributed by atoms with Crippen molar-refractivity contribution in [3.63, 3.8) is 0 Å². The van der Waals surface area contributed by atoms with Gasteiger partial charge in [0.1, 0.15) is 6.17 Å². The number of nitrogens with two attached hydrogens (primary N) is 1. The molecule has 2 atom stereocenters. The van der Waals surface area contributed by atoms with E-state index in [1.54, 1.807) is 11.2 Å². The minimum Gasteiger partial charge on any atom is -0.348 e. The summed E-state index contributed by atoms with van der Waals surface area (Å²) in [5, 5.41) is 0. The van der Waals surface area contributed by atoms with Crippen molar-refractivity contribution in [2.45, 2.75) is 32.0 Å². The summed E-state index contributed by atoms with van der Waals surface area (Å²) in [5.41, 5.74) is 7.25. The Morgan fingerprint density at radius 3 is 3.12 bits per heavy atom. The van der Waals surface area contributed by atoms with E-state index in [0.717, 1.165) is 11.4 Å². The quantitative estimate of drug-likeness (QED) is 0.773. The lowest BCUT2D eigenvalue weighted by Gasteiger charge is -2.33. The number of amides is 1. The molecule has 1 aliphatic heterocycles. The summed E-state index contributed by atoms with van der Waals surface area (Å²) >= 11 is 0. The second kappa shape index (κ2) is 4.83. The van der Waals surface area contributed by atoms with Gasteiger partial charge in [0.05, 0.1) is 24.5 Å². The molecule has 0 radical (unpaired) electrons. The lowest BCUT2D eigenvalue weighted by atomic mass is 10.0. The van der Waals surface area contributed by atoms with Crippen molar-refractivity contribution in [2.24, 2.45) is 5.73 Å². The van der Waals surface area contributed by atoms with Crippen molar-refractivity contribution in [3.05, 3.63) is 17.7 Å². The molecule has 0 bridgehead atoms. The molecule has 1 fully saturated rings. The molecule has 2 rings (SSSR count). The lowest BCUT2D eigenvalue weighted by molar-refractivity contribution is -0.132. The second-order valence-corrected chi connectivity index (χ2v) is 4.46. The number of piperidine rings is 1. The average Bonchev–Trinajstić information content (AvgIpc) is 2.68. The first-order valence-electron chi connectivity index (χ1n) is 5.74. The summed E-state index contributed by atoms with van der Waals surface area (Å²) in [6, 6.07) is -0.562. The molecule has 0 saturated carbocycles. The third-order valence-electron chi connectivity index (χ3n) is 3.18. The average molecular weight is 240 g/mol. The molecule has 6 heteroatoms. The van der Waals surface area contributed by atoms with Crippen molar-refractivity contribution >= 4 is 5.91 Å². The molecule has 0 aromatic carbocycles. The minimum absolute atomic E-state index is 0.0393. The smallest absolute Gasteiger partial charge is 0.228 e. The maximum atomic E-state index is 13.2. The van der Waals surface area contributed by atoms with Gasteiger partial charge < -0.3 is 15.6 Å². The maximum absolute atomic E-state index is 13.2. The van der Waals surface area contributed by atoms with E-state index in [9.17, 15) is 9.18 Å². The standard InChI is InChI=1S/C11H17FN4O/c1-7-10(15-6-14-7)4-11(17)16-3-2-8(12)9(13)5-16/h6,8-9H,2-5,13H2,1H3,(H,14,15)/t8-,9-/m1/s1. The number of halogens is 1. The molecule has 0 spiro atoms. The highest BCUT2D eigenvalue weighted by Crippen LogP contribution is 2.14. The molecule has 1 amide bonds.